The summed E-state index contributed by atoms with van der Waals surface area (Å²) in [6, 6.07) is 13.6. The SMILES string of the molecule is NS(=O)(=O)c1cc(Nc2nc3ccc(S(=O)(=O)Nc4ccc(C(=O)O)cc4)cc3[nH]2)ccc1Cl. The molecule has 0 bridgehead atoms. The summed E-state index contributed by atoms with van der Waals surface area (Å²) in [7, 11) is -8.01. The molecule has 0 radical (unpaired) electrons. The van der Waals surface area contributed by atoms with Gasteiger partial charge < -0.3 is 15.4 Å². The first-order chi connectivity index (χ1) is 15.9. The molecule has 14 heteroatoms. The summed E-state index contributed by atoms with van der Waals surface area (Å²) in [5.41, 5.74) is 1.41. The number of nitrogens with zero attached hydrogens (tertiary/aromatic N) is 1. The van der Waals surface area contributed by atoms with Crippen LogP contribution in [0, 0.1) is 0 Å². The minimum absolute atomic E-state index is 0.0266. The molecule has 0 unspecified atom stereocenters. The lowest BCUT2D eigenvalue weighted by Crippen LogP contribution is -2.13. The molecule has 4 aromatic rings. The molecular weight excluding hydrogens is 506 g/mol. The Bertz CT molecular complexity index is 1630. The Hall–Kier alpha value is -3.65. The van der Waals surface area contributed by atoms with E-state index in [2.05, 4.69) is 20.0 Å². The maximum absolute atomic E-state index is 12.8. The van der Waals surface area contributed by atoms with E-state index >= 15 is 0 Å². The highest BCUT2D eigenvalue weighted by molar-refractivity contribution is 7.92. The third-order valence-electron chi connectivity index (χ3n) is 4.65. The Labute approximate surface area is 198 Å². The number of benzene rings is 3. The smallest absolute Gasteiger partial charge is 0.335 e. The highest BCUT2D eigenvalue weighted by Crippen LogP contribution is 2.27. The lowest BCUT2D eigenvalue weighted by Gasteiger charge is -2.08. The summed E-state index contributed by atoms with van der Waals surface area (Å²) >= 11 is 5.89. The lowest BCUT2D eigenvalue weighted by molar-refractivity contribution is 0.0697. The zero-order valence-electron chi connectivity index (χ0n) is 17.0. The lowest BCUT2D eigenvalue weighted by atomic mass is 10.2. The van der Waals surface area contributed by atoms with Crippen molar-refractivity contribution >= 4 is 66.0 Å². The van der Waals surface area contributed by atoms with Gasteiger partial charge in [0, 0.05) is 11.4 Å². The Morgan fingerprint density at radius 2 is 1.65 bits per heavy atom. The molecule has 176 valence electrons. The van der Waals surface area contributed by atoms with Crippen LogP contribution in [0.2, 0.25) is 5.02 Å². The van der Waals surface area contributed by atoms with Gasteiger partial charge in [-0.25, -0.2) is 31.8 Å². The summed E-state index contributed by atoms with van der Waals surface area (Å²) < 4.78 is 51.2. The third-order valence-corrected chi connectivity index (χ3v) is 7.42. The fraction of sp³-hybridized carbons (Fsp3) is 0. The van der Waals surface area contributed by atoms with E-state index in [1.54, 1.807) is 0 Å². The largest absolute Gasteiger partial charge is 0.478 e. The monoisotopic (exact) mass is 521 g/mol. The Kier molecular flexibility index (Phi) is 5.95. The number of carbonyl (C=O) groups is 1. The van der Waals surface area contributed by atoms with Crippen molar-refractivity contribution in [2.24, 2.45) is 5.14 Å². The molecule has 11 nitrogen and oxygen atoms in total. The van der Waals surface area contributed by atoms with Crippen molar-refractivity contribution in [3.63, 3.8) is 0 Å². The highest BCUT2D eigenvalue weighted by Gasteiger charge is 2.17. The van der Waals surface area contributed by atoms with Crippen molar-refractivity contribution in [2.75, 3.05) is 10.0 Å². The normalized spacial score (nSPS) is 11.9. The second-order valence-electron chi connectivity index (χ2n) is 7.07. The van der Waals surface area contributed by atoms with Crippen LogP contribution in [-0.2, 0) is 20.0 Å². The maximum atomic E-state index is 12.8. The maximum Gasteiger partial charge on any atom is 0.335 e. The van der Waals surface area contributed by atoms with Crippen molar-refractivity contribution in [3.8, 4) is 0 Å². The molecule has 0 atom stereocenters. The standard InChI is InChI=1S/C20H16ClN5O6S2/c21-15-7-5-13(9-18(15)33(22,29)30)23-20-24-16-8-6-14(10-17(16)25-20)34(31,32)26-12-3-1-11(2-4-12)19(27)28/h1-10,26H,(H,27,28)(H2,22,29,30)(H2,23,24,25). The number of primary sulfonamides is 1. The Morgan fingerprint density at radius 3 is 2.29 bits per heavy atom. The number of hydrogen-bond acceptors (Lipinski definition) is 7. The van der Waals surface area contributed by atoms with Gasteiger partial charge in [0.2, 0.25) is 16.0 Å². The number of rotatable bonds is 7. The van der Waals surface area contributed by atoms with Crippen molar-refractivity contribution in [1.82, 2.24) is 9.97 Å². The van der Waals surface area contributed by atoms with Gasteiger partial charge in [-0.2, -0.15) is 0 Å². The third kappa shape index (κ3) is 4.97. The highest BCUT2D eigenvalue weighted by atomic mass is 35.5. The number of H-pyrrole nitrogens is 1. The molecule has 0 saturated carbocycles. The van der Waals surface area contributed by atoms with Gasteiger partial charge in [-0.15, -0.1) is 0 Å². The van der Waals surface area contributed by atoms with Gasteiger partial charge in [0.15, 0.2) is 0 Å². The van der Waals surface area contributed by atoms with E-state index in [0.717, 1.165) is 0 Å². The summed E-state index contributed by atoms with van der Waals surface area (Å²) in [4.78, 5) is 17.9. The first-order valence-corrected chi connectivity index (χ1v) is 12.8. The molecule has 1 aromatic heterocycles. The van der Waals surface area contributed by atoms with Crippen LogP contribution in [0.3, 0.4) is 0 Å². The number of aromatic nitrogens is 2. The average Bonchev–Trinajstić information content (AvgIpc) is 3.16. The number of imidazole rings is 1. The molecule has 4 rings (SSSR count). The molecule has 34 heavy (non-hydrogen) atoms. The van der Waals surface area contributed by atoms with E-state index < -0.39 is 26.0 Å². The second kappa shape index (κ2) is 8.61. The van der Waals surface area contributed by atoms with Crippen molar-refractivity contribution in [1.29, 1.82) is 0 Å². The van der Waals surface area contributed by atoms with Crippen molar-refractivity contribution in [2.45, 2.75) is 9.79 Å². The molecule has 1 heterocycles. The van der Waals surface area contributed by atoms with E-state index in [0.29, 0.717) is 16.7 Å². The van der Waals surface area contributed by atoms with Crippen LogP contribution in [0.4, 0.5) is 17.3 Å². The summed E-state index contributed by atoms with van der Waals surface area (Å²) in [5.74, 6) is -0.896. The number of anilines is 3. The van der Waals surface area contributed by atoms with Crippen LogP contribution < -0.4 is 15.2 Å². The van der Waals surface area contributed by atoms with Crippen LogP contribution in [-0.4, -0.2) is 37.9 Å². The zero-order chi connectivity index (χ0) is 24.7. The van der Waals surface area contributed by atoms with Gasteiger partial charge in [-0.1, -0.05) is 11.6 Å². The molecule has 6 N–H and O–H groups in total. The number of carboxylic acid groups (broad SMARTS) is 1. The number of halogens is 1. The van der Waals surface area contributed by atoms with E-state index in [1.165, 1.54) is 60.7 Å². The molecule has 3 aromatic carbocycles. The van der Waals surface area contributed by atoms with Crippen LogP contribution >= 0.6 is 11.6 Å². The van der Waals surface area contributed by atoms with Crippen molar-refractivity contribution < 1.29 is 26.7 Å². The van der Waals surface area contributed by atoms with Gasteiger partial charge in [-0.05, 0) is 60.7 Å². The Morgan fingerprint density at radius 1 is 0.971 bits per heavy atom. The molecule has 0 spiro atoms. The van der Waals surface area contributed by atoms with Crippen LogP contribution in [0.15, 0.2) is 70.5 Å². The van der Waals surface area contributed by atoms with Crippen molar-refractivity contribution in [3.05, 3.63) is 71.2 Å². The van der Waals surface area contributed by atoms with Gasteiger partial charge in [-0.3, -0.25) is 4.72 Å². The van der Waals surface area contributed by atoms with Crippen LogP contribution in [0.1, 0.15) is 10.4 Å². The summed E-state index contributed by atoms with van der Waals surface area (Å²) in [5, 5.41) is 17.0. The quantitative estimate of drug-likeness (QED) is 0.245. The minimum atomic E-state index is -4.03. The molecule has 0 amide bonds. The van der Waals surface area contributed by atoms with Gasteiger partial charge in [0.25, 0.3) is 10.0 Å². The number of fused-ring (bicyclic) bond motifs is 1. The fourth-order valence-corrected chi connectivity index (χ4v) is 5.20. The number of aromatic amines is 1. The number of carboxylic acids is 1. The number of hydrogen-bond donors (Lipinski definition) is 5. The topological polar surface area (TPSA) is 184 Å². The predicted octanol–water partition coefficient (Wildman–Crippen LogP) is 3.11. The first kappa shape index (κ1) is 23.5. The average molecular weight is 522 g/mol. The number of aromatic carboxylic acids is 1. The molecule has 0 aliphatic rings. The van der Waals surface area contributed by atoms with Gasteiger partial charge in [0.1, 0.15) is 4.90 Å². The van der Waals surface area contributed by atoms with E-state index in [1.807, 2.05) is 0 Å². The van der Waals surface area contributed by atoms with Gasteiger partial charge >= 0.3 is 5.97 Å². The summed E-state index contributed by atoms with van der Waals surface area (Å²) in [6.45, 7) is 0. The molecule has 0 fully saturated rings. The molecular formula is C20H16ClN5O6S2. The number of nitrogens with one attached hydrogen (secondary N) is 3. The Balaban J connectivity index is 1.59. The molecule has 0 saturated heterocycles. The zero-order valence-corrected chi connectivity index (χ0v) is 19.4. The van der Waals surface area contributed by atoms with Gasteiger partial charge in [0.05, 0.1) is 26.5 Å². The molecule has 0 aliphatic carbocycles. The number of sulfonamides is 2. The van der Waals surface area contributed by atoms with Crippen LogP contribution in [0.25, 0.3) is 11.0 Å². The van der Waals surface area contributed by atoms with Crippen LogP contribution in [0.5, 0.6) is 0 Å². The molecule has 0 aliphatic heterocycles. The second-order valence-corrected chi connectivity index (χ2v) is 10.7. The fourth-order valence-electron chi connectivity index (χ4n) is 3.05. The number of nitrogens with two attached hydrogens (primary N) is 1. The minimum Gasteiger partial charge on any atom is -0.478 e. The summed E-state index contributed by atoms with van der Waals surface area (Å²) in [6.07, 6.45) is 0. The van der Waals surface area contributed by atoms with E-state index in [9.17, 15) is 21.6 Å². The van der Waals surface area contributed by atoms with E-state index in [4.69, 9.17) is 21.8 Å². The first-order valence-electron chi connectivity index (χ1n) is 9.38. The van der Waals surface area contributed by atoms with E-state index in [-0.39, 0.29) is 32.0 Å². The predicted molar refractivity (Wildman–Crippen MR) is 126 cm³/mol.